The zero-order valence-corrected chi connectivity index (χ0v) is 15.2. The van der Waals surface area contributed by atoms with E-state index in [-0.39, 0.29) is 17.9 Å². The average Bonchev–Trinajstić information content (AvgIpc) is 3.31. The second-order valence-electron chi connectivity index (χ2n) is 6.90. The Kier molecular flexibility index (Phi) is 4.97. The number of likely N-dealkylation sites (tertiary alicyclic amines) is 1. The molecule has 2 amide bonds. The molecule has 1 aliphatic rings. The fraction of sp³-hybridized carbons (Fsp3) is 0.529. The number of hydrogen-bond acceptors (Lipinski definition) is 6. The Morgan fingerprint density at radius 2 is 2.12 bits per heavy atom. The Hall–Kier alpha value is -2.84. The second kappa shape index (κ2) is 7.19. The zero-order chi connectivity index (χ0) is 18.7. The number of nitrogens with one attached hydrogen (secondary N) is 1. The minimum absolute atomic E-state index is 0.0282. The van der Waals surface area contributed by atoms with Crippen LogP contribution in [0.25, 0.3) is 0 Å². The van der Waals surface area contributed by atoms with Crippen molar-refractivity contribution in [3.63, 3.8) is 0 Å². The Balaban J connectivity index is 1.81. The summed E-state index contributed by atoms with van der Waals surface area (Å²) in [7, 11) is 0. The quantitative estimate of drug-likeness (QED) is 0.848. The number of aromatic nitrogens is 5. The molecule has 3 rings (SSSR count). The molecular weight excluding hydrogens is 334 g/mol. The molecule has 1 aliphatic heterocycles. The van der Waals surface area contributed by atoms with Crippen LogP contribution < -0.4 is 5.32 Å². The minimum atomic E-state index is -0.833. The highest BCUT2D eigenvalue weighted by Gasteiger charge is 2.40. The van der Waals surface area contributed by atoms with Crippen LogP contribution in [-0.2, 0) is 21.7 Å². The van der Waals surface area contributed by atoms with Gasteiger partial charge < -0.3 is 10.2 Å². The van der Waals surface area contributed by atoms with Gasteiger partial charge in [0.25, 0.3) is 5.91 Å². The van der Waals surface area contributed by atoms with Gasteiger partial charge >= 0.3 is 0 Å². The van der Waals surface area contributed by atoms with E-state index in [9.17, 15) is 9.59 Å². The molecule has 0 aliphatic carbocycles. The third-order valence-corrected chi connectivity index (χ3v) is 4.59. The fourth-order valence-electron chi connectivity index (χ4n) is 3.15. The number of amides is 2. The first-order chi connectivity index (χ1) is 12.4. The molecule has 26 heavy (non-hydrogen) atoms. The molecule has 0 aromatic carbocycles. The summed E-state index contributed by atoms with van der Waals surface area (Å²) in [4.78, 5) is 38.9. The van der Waals surface area contributed by atoms with Gasteiger partial charge in [-0.2, -0.15) is 5.10 Å². The molecule has 1 atom stereocenters. The second-order valence-corrected chi connectivity index (χ2v) is 6.90. The van der Waals surface area contributed by atoms with Crippen molar-refractivity contribution in [1.29, 1.82) is 0 Å². The van der Waals surface area contributed by atoms with E-state index in [0.29, 0.717) is 18.8 Å². The van der Waals surface area contributed by atoms with Crippen LogP contribution in [0.1, 0.15) is 51.0 Å². The third-order valence-electron chi connectivity index (χ3n) is 4.59. The van der Waals surface area contributed by atoms with E-state index in [1.165, 1.54) is 13.3 Å². The van der Waals surface area contributed by atoms with Gasteiger partial charge in [0.15, 0.2) is 0 Å². The fourth-order valence-corrected chi connectivity index (χ4v) is 3.15. The smallest absolute Gasteiger partial charge is 0.250 e. The lowest BCUT2D eigenvalue weighted by Crippen LogP contribution is -2.47. The Morgan fingerprint density at radius 1 is 1.31 bits per heavy atom. The van der Waals surface area contributed by atoms with Crippen molar-refractivity contribution in [2.45, 2.75) is 51.7 Å². The van der Waals surface area contributed by atoms with Gasteiger partial charge in [-0.3, -0.25) is 19.6 Å². The minimum Gasteiger partial charge on any atom is -0.351 e. The Morgan fingerprint density at radius 3 is 2.81 bits per heavy atom. The topological polar surface area (TPSA) is 106 Å². The molecule has 1 N–H and O–H groups in total. The molecule has 138 valence electrons. The van der Waals surface area contributed by atoms with Crippen molar-refractivity contribution in [1.82, 2.24) is 34.9 Å². The van der Waals surface area contributed by atoms with Gasteiger partial charge in [0.2, 0.25) is 5.91 Å². The van der Waals surface area contributed by atoms with Crippen LogP contribution in [0.15, 0.2) is 25.0 Å². The van der Waals surface area contributed by atoms with Crippen molar-refractivity contribution in [3.8, 4) is 0 Å². The summed E-state index contributed by atoms with van der Waals surface area (Å²) in [6.45, 7) is 6.11. The monoisotopic (exact) mass is 357 g/mol. The van der Waals surface area contributed by atoms with Crippen LogP contribution in [0.5, 0.6) is 0 Å². The number of rotatable bonds is 5. The maximum Gasteiger partial charge on any atom is 0.250 e. The van der Waals surface area contributed by atoms with Crippen molar-refractivity contribution in [2.75, 3.05) is 6.54 Å². The van der Waals surface area contributed by atoms with Crippen molar-refractivity contribution in [3.05, 3.63) is 36.4 Å². The molecule has 9 heteroatoms. The van der Waals surface area contributed by atoms with Crippen molar-refractivity contribution >= 4 is 11.8 Å². The van der Waals surface area contributed by atoms with Gasteiger partial charge in [0.05, 0.1) is 36.4 Å². The van der Waals surface area contributed by atoms with E-state index in [2.05, 4.69) is 25.4 Å². The van der Waals surface area contributed by atoms with Crippen LogP contribution in [0.2, 0.25) is 0 Å². The van der Waals surface area contributed by atoms with Gasteiger partial charge in [-0.1, -0.05) is 0 Å². The Labute approximate surface area is 151 Å². The number of nitrogens with zero attached hydrogens (tertiary/aromatic N) is 6. The summed E-state index contributed by atoms with van der Waals surface area (Å²) in [6, 6.07) is -0.130. The molecule has 0 radical (unpaired) electrons. The van der Waals surface area contributed by atoms with Gasteiger partial charge in [0, 0.05) is 13.5 Å². The van der Waals surface area contributed by atoms with Gasteiger partial charge in [-0.15, -0.1) is 0 Å². The zero-order valence-electron chi connectivity index (χ0n) is 15.2. The van der Waals surface area contributed by atoms with E-state index >= 15 is 0 Å². The molecule has 2 aromatic rings. The van der Waals surface area contributed by atoms with E-state index in [1.807, 2.05) is 18.7 Å². The van der Waals surface area contributed by atoms with Crippen LogP contribution >= 0.6 is 0 Å². The van der Waals surface area contributed by atoms with Crippen molar-refractivity contribution < 1.29 is 9.59 Å². The van der Waals surface area contributed by atoms with E-state index in [4.69, 9.17) is 0 Å². The SMILES string of the molecule is CC(=O)NCc1cncc(C2CCCN2C(=O)C(C)(C)n2cncn2)n1. The molecule has 9 nitrogen and oxygen atoms in total. The van der Waals surface area contributed by atoms with Crippen LogP contribution in [0, 0.1) is 0 Å². The molecule has 0 spiro atoms. The molecular formula is C17H23N7O2. The van der Waals surface area contributed by atoms with Gasteiger partial charge in [0.1, 0.15) is 18.2 Å². The summed E-state index contributed by atoms with van der Waals surface area (Å²) in [5, 5.41) is 6.84. The van der Waals surface area contributed by atoms with Crippen LogP contribution in [0.3, 0.4) is 0 Å². The summed E-state index contributed by atoms with van der Waals surface area (Å²) in [5.41, 5.74) is 0.584. The van der Waals surface area contributed by atoms with Gasteiger partial charge in [-0.05, 0) is 26.7 Å². The molecule has 0 bridgehead atoms. The summed E-state index contributed by atoms with van der Waals surface area (Å²) >= 11 is 0. The van der Waals surface area contributed by atoms with E-state index in [0.717, 1.165) is 18.5 Å². The maximum absolute atomic E-state index is 13.2. The number of carbonyl (C=O) groups excluding carboxylic acids is 2. The Bertz CT molecular complexity index is 788. The lowest BCUT2D eigenvalue weighted by Gasteiger charge is -2.32. The van der Waals surface area contributed by atoms with Crippen LogP contribution in [-0.4, -0.2) is 48.0 Å². The summed E-state index contributed by atoms with van der Waals surface area (Å²) in [5.74, 6) is -0.149. The predicted octanol–water partition coefficient (Wildman–Crippen LogP) is 0.803. The normalized spacial score (nSPS) is 17.3. The first-order valence-electron chi connectivity index (χ1n) is 8.61. The molecule has 2 aromatic heterocycles. The van der Waals surface area contributed by atoms with E-state index < -0.39 is 5.54 Å². The number of hydrogen-bond donors (Lipinski definition) is 1. The standard InChI is InChI=1S/C17H23N7O2/c1-12(25)20-8-13-7-18-9-14(22-13)15-5-4-6-23(15)16(26)17(2,3)24-11-19-10-21-24/h7,9-11,15H,4-6,8H2,1-3H3,(H,20,25). The largest absolute Gasteiger partial charge is 0.351 e. The molecule has 1 saturated heterocycles. The maximum atomic E-state index is 13.2. The van der Waals surface area contributed by atoms with Crippen molar-refractivity contribution in [2.24, 2.45) is 0 Å². The highest BCUT2D eigenvalue weighted by molar-refractivity contribution is 5.84. The van der Waals surface area contributed by atoms with E-state index in [1.54, 1.807) is 23.4 Å². The molecule has 1 fully saturated rings. The molecule has 0 saturated carbocycles. The predicted molar refractivity (Wildman–Crippen MR) is 92.6 cm³/mol. The van der Waals surface area contributed by atoms with Gasteiger partial charge in [-0.25, -0.2) is 9.67 Å². The third kappa shape index (κ3) is 3.56. The first kappa shape index (κ1) is 18.0. The lowest BCUT2D eigenvalue weighted by molar-refractivity contribution is -0.140. The molecule has 3 heterocycles. The highest BCUT2D eigenvalue weighted by atomic mass is 16.2. The average molecular weight is 357 g/mol. The molecule has 1 unspecified atom stereocenters. The lowest BCUT2D eigenvalue weighted by atomic mass is 10.0. The number of carbonyl (C=O) groups is 2. The highest BCUT2D eigenvalue weighted by Crippen LogP contribution is 2.33. The summed E-state index contributed by atoms with van der Waals surface area (Å²) < 4.78 is 1.57. The summed E-state index contributed by atoms with van der Waals surface area (Å²) in [6.07, 6.45) is 8.03. The first-order valence-corrected chi connectivity index (χ1v) is 8.61. The van der Waals surface area contributed by atoms with Crippen LogP contribution in [0.4, 0.5) is 0 Å².